The van der Waals surface area contributed by atoms with Gasteiger partial charge in [-0.15, -0.1) is 11.3 Å². The number of rotatable bonds is 2. The van der Waals surface area contributed by atoms with Gasteiger partial charge in [-0.25, -0.2) is 4.98 Å². The molecule has 0 spiro atoms. The Morgan fingerprint density at radius 1 is 1.52 bits per heavy atom. The molecule has 2 aromatic rings. The van der Waals surface area contributed by atoms with Gasteiger partial charge >= 0.3 is 0 Å². The van der Waals surface area contributed by atoms with E-state index in [0.717, 1.165) is 16.3 Å². The molecule has 4 nitrogen and oxygen atoms in total. The third-order valence-electron chi connectivity index (χ3n) is 5.72. The first-order valence-electron chi connectivity index (χ1n) is 7.69. The number of amides is 1. The number of fused-ring (bicyclic) bond motifs is 3. The predicted molar refractivity (Wildman–Crippen MR) is 84.4 cm³/mol. The van der Waals surface area contributed by atoms with Crippen molar-refractivity contribution in [3.8, 4) is 0 Å². The maximum Gasteiger partial charge on any atom is 0.268 e. The molecule has 4 rings (SSSR count). The quantitative estimate of drug-likeness (QED) is 0.893. The van der Waals surface area contributed by atoms with Crippen molar-refractivity contribution < 1.29 is 4.79 Å². The molecule has 0 aliphatic heterocycles. The molecule has 2 fully saturated rings. The van der Waals surface area contributed by atoms with Crippen LogP contribution in [-0.2, 0) is 0 Å². The van der Waals surface area contributed by atoms with E-state index in [2.05, 4.69) is 36.1 Å². The molecule has 112 valence electrons. The topological polar surface area (TPSA) is 57.8 Å². The largest absolute Gasteiger partial charge is 0.347 e. The van der Waals surface area contributed by atoms with Gasteiger partial charge in [-0.1, -0.05) is 20.8 Å². The lowest BCUT2D eigenvalue weighted by Crippen LogP contribution is -2.46. The third-order valence-corrected chi connectivity index (χ3v) is 6.50. The molecule has 0 radical (unpaired) electrons. The van der Waals surface area contributed by atoms with Crippen LogP contribution in [0.3, 0.4) is 0 Å². The molecule has 0 aromatic carbocycles. The van der Waals surface area contributed by atoms with Gasteiger partial charge in [0.15, 0.2) is 0 Å². The van der Waals surface area contributed by atoms with E-state index in [1.165, 1.54) is 12.8 Å². The number of aromatic nitrogens is 2. The summed E-state index contributed by atoms with van der Waals surface area (Å²) < 4.78 is 1.04. The lowest BCUT2D eigenvalue weighted by molar-refractivity contribution is 0.0832. The van der Waals surface area contributed by atoms with Crippen molar-refractivity contribution in [3.63, 3.8) is 0 Å². The molecule has 4 atom stereocenters. The minimum Gasteiger partial charge on any atom is -0.347 e. The summed E-state index contributed by atoms with van der Waals surface area (Å²) in [6, 6.07) is 2.23. The van der Waals surface area contributed by atoms with Gasteiger partial charge in [-0.3, -0.25) is 4.79 Å². The fourth-order valence-electron chi connectivity index (χ4n) is 4.78. The zero-order valence-electron chi connectivity index (χ0n) is 12.6. The summed E-state index contributed by atoms with van der Waals surface area (Å²) >= 11 is 1.56. The smallest absolute Gasteiger partial charge is 0.268 e. The van der Waals surface area contributed by atoms with Gasteiger partial charge in [0.2, 0.25) is 0 Å². The highest BCUT2D eigenvalue weighted by Gasteiger charge is 2.54. The molecule has 1 unspecified atom stereocenters. The van der Waals surface area contributed by atoms with Crippen molar-refractivity contribution in [2.45, 2.75) is 39.7 Å². The molecule has 0 saturated heterocycles. The average Bonchev–Trinajstić information content (AvgIpc) is 3.09. The Bertz CT molecular complexity index is 671. The van der Waals surface area contributed by atoms with E-state index in [1.807, 2.05) is 6.07 Å². The Kier molecular flexibility index (Phi) is 2.74. The molecular weight excluding hydrogens is 282 g/mol. The van der Waals surface area contributed by atoms with Crippen LogP contribution in [0.2, 0.25) is 0 Å². The van der Waals surface area contributed by atoms with Gasteiger partial charge < -0.3 is 10.3 Å². The van der Waals surface area contributed by atoms with Crippen LogP contribution in [0.5, 0.6) is 0 Å². The van der Waals surface area contributed by atoms with Gasteiger partial charge in [-0.2, -0.15) is 0 Å². The van der Waals surface area contributed by atoms with Crippen LogP contribution in [0.4, 0.5) is 0 Å². The molecule has 1 amide bonds. The summed E-state index contributed by atoms with van der Waals surface area (Å²) in [5.74, 6) is 1.96. The molecule has 2 aliphatic rings. The Morgan fingerprint density at radius 3 is 3.00 bits per heavy atom. The van der Waals surface area contributed by atoms with Crippen LogP contribution in [0.25, 0.3) is 10.3 Å². The maximum absolute atomic E-state index is 12.5. The first kappa shape index (κ1) is 13.3. The van der Waals surface area contributed by atoms with Crippen LogP contribution in [0.15, 0.2) is 11.6 Å². The Morgan fingerprint density at radius 2 is 2.33 bits per heavy atom. The first-order chi connectivity index (χ1) is 9.95. The molecule has 2 saturated carbocycles. The summed E-state index contributed by atoms with van der Waals surface area (Å²) in [5, 5.41) is 3.27. The van der Waals surface area contributed by atoms with Gasteiger partial charge in [-0.05, 0) is 42.1 Å². The first-order valence-corrected chi connectivity index (χ1v) is 8.57. The molecule has 2 aromatic heterocycles. The number of aromatic amines is 1. The highest BCUT2D eigenvalue weighted by molar-refractivity contribution is 7.16. The molecule has 2 N–H and O–H groups in total. The highest BCUT2D eigenvalue weighted by Crippen LogP contribution is 2.58. The number of carbonyl (C=O) groups is 1. The molecule has 2 heterocycles. The number of nitrogens with one attached hydrogen (secondary N) is 2. The number of hydrogen-bond acceptors (Lipinski definition) is 3. The molecule has 2 aliphatic carbocycles. The van der Waals surface area contributed by atoms with Crippen LogP contribution in [0.1, 0.15) is 44.1 Å². The van der Waals surface area contributed by atoms with Crippen LogP contribution >= 0.6 is 11.3 Å². The zero-order chi connectivity index (χ0) is 14.8. The minimum atomic E-state index is 0.0161. The van der Waals surface area contributed by atoms with E-state index in [0.29, 0.717) is 29.0 Å². The molecular formula is C16H21N3OS. The average molecular weight is 303 g/mol. The zero-order valence-corrected chi connectivity index (χ0v) is 13.5. The number of carbonyl (C=O) groups excluding carboxylic acids is 1. The number of nitrogens with zero attached hydrogens (tertiary/aromatic N) is 1. The van der Waals surface area contributed by atoms with Crippen molar-refractivity contribution >= 4 is 27.6 Å². The van der Waals surface area contributed by atoms with Gasteiger partial charge in [0, 0.05) is 6.04 Å². The van der Waals surface area contributed by atoms with Gasteiger partial charge in [0.05, 0.1) is 10.2 Å². The van der Waals surface area contributed by atoms with Gasteiger partial charge in [0.1, 0.15) is 11.3 Å². The van der Waals surface area contributed by atoms with E-state index in [4.69, 9.17) is 0 Å². The van der Waals surface area contributed by atoms with Gasteiger partial charge in [0.25, 0.3) is 5.91 Å². The molecule has 2 bridgehead atoms. The second kappa shape index (κ2) is 4.32. The SMILES string of the molecule is C[C@@H]1[C@@H](NC(=O)c2cc3scnc3[nH]2)C2C[C@@H]1C(C)(C)C2. The number of thiazole rings is 1. The fourth-order valence-corrected chi connectivity index (χ4v) is 5.46. The normalized spacial score (nSPS) is 33.7. The van der Waals surface area contributed by atoms with E-state index in [9.17, 15) is 4.79 Å². The third kappa shape index (κ3) is 1.94. The van der Waals surface area contributed by atoms with Crippen molar-refractivity contribution in [1.82, 2.24) is 15.3 Å². The summed E-state index contributed by atoms with van der Waals surface area (Å²) in [6.07, 6.45) is 2.49. The monoisotopic (exact) mass is 303 g/mol. The second-order valence-electron chi connectivity index (χ2n) is 7.40. The lowest BCUT2D eigenvalue weighted by atomic mass is 9.70. The summed E-state index contributed by atoms with van der Waals surface area (Å²) in [6.45, 7) is 7.04. The van der Waals surface area contributed by atoms with Crippen LogP contribution in [-0.4, -0.2) is 21.9 Å². The maximum atomic E-state index is 12.5. The second-order valence-corrected chi connectivity index (χ2v) is 8.29. The molecule has 5 heteroatoms. The summed E-state index contributed by atoms with van der Waals surface area (Å²) in [5.41, 5.74) is 3.68. The number of hydrogen-bond donors (Lipinski definition) is 2. The summed E-state index contributed by atoms with van der Waals surface area (Å²) in [4.78, 5) is 19.8. The Balaban J connectivity index is 1.52. The molecule has 21 heavy (non-hydrogen) atoms. The minimum absolute atomic E-state index is 0.0161. The lowest BCUT2D eigenvalue weighted by Gasteiger charge is -2.39. The van der Waals surface area contributed by atoms with E-state index in [-0.39, 0.29) is 5.91 Å². The number of H-pyrrole nitrogens is 1. The van der Waals surface area contributed by atoms with Crippen molar-refractivity contribution in [3.05, 3.63) is 17.3 Å². The van der Waals surface area contributed by atoms with Crippen LogP contribution < -0.4 is 5.32 Å². The Hall–Kier alpha value is -1.36. The van der Waals surface area contributed by atoms with E-state index < -0.39 is 0 Å². The van der Waals surface area contributed by atoms with Crippen molar-refractivity contribution in [1.29, 1.82) is 0 Å². The van der Waals surface area contributed by atoms with E-state index >= 15 is 0 Å². The highest BCUT2D eigenvalue weighted by atomic mass is 32.1. The van der Waals surface area contributed by atoms with E-state index in [1.54, 1.807) is 16.8 Å². The predicted octanol–water partition coefficient (Wildman–Crippen LogP) is 3.42. The standard InChI is InChI=1S/C16H21N3OS/c1-8-10-4-9(6-16(10,2)3)13(8)19-15(20)11-5-12-14(18-11)17-7-21-12/h5,7-10,13,18H,4,6H2,1-3H3,(H,19,20)/t8-,9?,10-,13+/m0/s1. The van der Waals surface area contributed by atoms with Crippen LogP contribution in [0, 0.1) is 23.2 Å². The Labute approximate surface area is 128 Å². The summed E-state index contributed by atoms with van der Waals surface area (Å²) in [7, 11) is 0. The van der Waals surface area contributed by atoms with Crippen molar-refractivity contribution in [2.75, 3.05) is 0 Å². The fraction of sp³-hybridized carbons (Fsp3) is 0.625. The van der Waals surface area contributed by atoms with Crippen molar-refractivity contribution in [2.24, 2.45) is 23.2 Å².